The van der Waals surface area contributed by atoms with Crippen LogP contribution in [-0.4, -0.2) is 19.8 Å². The van der Waals surface area contributed by atoms with Gasteiger partial charge in [0.15, 0.2) is 0 Å². The lowest BCUT2D eigenvalue weighted by molar-refractivity contribution is 0.0682. The molecule has 0 saturated heterocycles. The van der Waals surface area contributed by atoms with Gasteiger partial charge in [0.05, 0.1) is 25.9 Å². The van der Waals surface area contributed by atoms with Gasteiger partial charge in [-0.1, -0.05) is 6.07 Å². The van der Waals surface area contributed by atoms with E-state index in [0.717, 1.165) is 22.4 Å². The fourth-order valence-electron chi connectivity index (χ4n) is 1.82. The zero-order chi connectivity index (χ0) is 13.0. The van der Waals surface area contributed by atoms with Gasteiger partial charge in [-0.05, 0) is 50.5 Å². The first-order valence-electron chi connectivity index (χ1n) is 5.98. The van der Waals surface area contributed by atoms with E-state index in [4.69, 9.17) is 15.2 Å². The molecule has 0 aliphatic carbocycles. The third-order valence-corrected chi connectivity index (χ3v) is 2.79. The highest BCUT2D eigenvalue weighted by Crippen LogP contribution is 2.25. The van der Waals surface area contributed by atoms with E-state index in [1.54, 1.807) is 7.11 Å². The minimum absolute atomic E-state index is 0.0815. The molecule has 1 unspecified atom stereocenters. The molecule has 17 heavy (non-hydrogen) atoms. The molecule has 3 nitrogen and oxygen atoms in total. The molecule has 1 aromatic rings. The highest BCUT2D eigenvalue weighted by molar-refractivity contribution is 5.42. The standard InChI is InChI=1S/C14H23NO2/c1-9(2)17-8-13(15)12-6-11(4)14(16-5)7-10(12)3/h6-7,9,13H,8,15H2,1-5H3. The molecule has 0 amide bonds. The van der Waals surface area contributed by atoms with Gasteiger partial charge in [-0.25, -0.2) is 0 Å². The van der Waals surface area contributed by atoms with Crippen molar-refractivity contribution in [2.24, 2.45) is 5.73 Å². The smallest absolute Gasteiger partial charge is 0.122 e. The van der Waals surface area contributed by atoms with E-state index in [9.17, 15) is 0 Å². The van der Waals surface area contributed by atoms with Crippen LogP contribution in [0.5, 0.6) is 5.75 Å². The minimum Gasteiger partial charge on any atom is -0.496 e. The highest BCUT2D eigenvalue weighted by atomic mass is 16.5. The van der Waals surface area contributed by atoms with Crippen molar-refractivity contribution in [3.63, 3.8) is 0 Å². The molecular weight excluding hydrogens is 214 g/mol. The molecule has 1 aromatic carbocycles. The largest absolute Gasteiger partial charge is 0.496 e. The van der Waals surface area contributed by atoms with Crippen LogP contribution in [0, 0.1) is 13.8 Å². The van der Waals surface area contributed by atoms with Crippen LogP contribution in [0.3, 0.4) is 0 Å². The molecule has 0 heterocycles. The summed E-state index contributed by atoms with van der Waals surface area (Å²) in [5.41, 5.74) is 9.52. The Labute approximate surface area is 104 Å². The van der Waals surface area contributed by atoms with Crippen molar-refractivity contribution in [1.82, 2.24) is 0 Å². The van der Waals surface area contributed by atoms with E-state index in [2.05, 4.69) is 6.07 Å². The third-order valence-electron chi connectivity index (χ3n) is 2.79. The number of rotatable bonds is 5. The minimum atomic E-state index is -0.0815. The fraction of sp³-hybridized carbons (Fsp3) is 0.571. The van der Waals surface area contributed by atoms with Crippen LogP contribution < -0.4 is 10.5 Å². The second-order valence-corrected chi connectivity index (χ2v) is 4.67. The maximum Gasteiger partial charge on any atom is 0.122 e. The number of ether oxygens (including phenoxy) is 2. The van der Waals surface area contributed by atoms with Gasteiger partial charge in [-0.3, -0.25) is 0 Å². The van der Waals surface area contributed by atoms with Crippen LogP contribution in [0.15, 0.2) is 12.1 Å². The summed E-state index contributed by atoms with van der Waals surface area (Å²) in [5.74, 6) is 0.906. The van der Waals surface area contributed by atoms with Crippen molar-refractivity contribution in [2.45, 2.75) is 39.8 Å². The first kappa shape index (κ1) is 14.0. The molecule has 0 radical (unpaired) electrons. The summed E-state index contributed by atoms with van der Waals surface area (Å²) >= 11 is 0. The van der Waals surface area contributed by atoms with Gasteiger partial charge in [0.25, 0.3) is 0 Å². The summed E-state index contributed by atoms with van der Waals surface area (Å²) in [6, 6.07) is 4.03. The van der Waals surface area contributed by atoms with E-state index < -0.39 is 0 Å². The second kappa shape index (κ2) is 6.03. The maximum atomic E-state index is 6.14. The average Bonchev–Trinajstić information content (AvgIpc) is 2.28. The topological polar surface area (TPSA) is 44.5 Å². The summed E-state index contributed by atoms with van der Waals surface area (Å²) in [6.45, 7) is 8.65. The molecule has 0 fully saturated rings. The van der Waals surface area contributed by atoms with Crippen molar-refractivity contribution < 1.29 is 9.47 Å². The molecule has 1 rings (SSSR count). The molecule has 3 heteroatoms. The van der Waals surface area contributed by atoms with Gasteiger partial charge in [0.1, 0.15) is 5.75 Å². The first-order chi connectivity index (χ1) is 7.95. The molecule has 0 saturated carbocycles. The molecule has 0 aliphatic rings. The van der Waals surface area contributed by atoms with Gasteiger partial charge >= 0.3 is 0 Å². The van der Waals surface area contributed by atoms with E-state index >= 15 is 0 Å². The molecule has 0 bridgehead atoms. The van der Waals surface area contributed by atoms with Gasteiger partial charge in [0.2, 0.25) is 0 Å². The van der Waals surface area contributed by atoms with Gasteiger partial charge in [-0.2, -0.15) is 0 Å². The Morgan fingerprint density at radius 1 is 1.18 bits per heavy atom. The van der Waals surface area contributed by atoms with Gasteiger partial charge in [0, 0.05) is 0 Å². The molecule has 96 valence electrons. The molecular formula is C14H23NO2. The Kier molecular flexibility index (Phi) is 4.97. The number of methoxy groups -OCH3 is 1. The molecule has 0 aromatic heterocycles. The van der Waals surface area contributed by atoms with E-state index in [-0.39, 0.29) is 12.1 Å². The number of nitrogens with two attached hydrogens (primary N) is 1. The predicted molar refractivity (Wildman–Crippen MR) is 70.5 cm³/mol. The van der Waals surface area contributed by atoms with Crippen LogP contribution in [0.25, 0.3) is 0 Å². The Balaban J connectivity index is 2.86. The summed E-state index contributed by atoms with van der Waals surface area (Å²) in [4.78, 5) is 0. The predicted octanol–water partition coefficient (Wildman–Crippen LogP) is 2.74. The lowest BCUT2D eigenvalue weighted by Crippen LogP contribution is -2.20. The monoisotopic (exact) mass is 237 g/mol. The van der Waals surface area contributed by atoms with Crippen molar-refractivity contribution in [3.8, 4) is 5.75 Å². The SMILES string of the molecule is COc1cc(C)c(C(N)COC(C)C)cc1C. The van der Waals surface area contributed by atoms with E-state index in [1.807, 2.05) is 33.8 Å². The summed E-state index contributed by atoms with van der Waals surface area (Å²) in [6.07, 6.45) is 0.209. The number of benzene rings is 1. The summed E-state index contributed by atoms with van der Waals surface area (Å²) < 4.78 is 10.8. The van der Waals surface area contributed by atoms with Gasteiger partial charge < -0.3 is 15.2 Å². The summed E-state index contributed by atoms with van der Waals surface area (Å²) in [7, 11) is 1.68. The Hall–Kier alpha value is -1.06. The fourth-order valence-corrected chi connectivity index (χ4v) is 1.82. The number of aryl methyl sites for hydroxylation is 2. The average molecular weight is 237 g/mol. The third kappa shape index (κ3) is 3.72. The zero-order valence-electron chi connectivity index (χ0n) is 11.4. The van der Waals surface area contributed by atoms with Crippen molar-refractivity contribution >= 4 is 0 Å². The molecule has 0 aliphatic heterocycles. The zero-order valence-corrected chi connectivity index (χ0v) is 11.4. The van der Waals surface area contributed by atoms with Crippen LogP contribution in [0.4, 0.5) is 0 Å². The van der Waals surface area contributed by atoms with Crippen molar-refractivity contribution in [2.75, 3.05) is 13.7 Å². The van der Waals surface area contributed by atoms with Crippen LogP contribution >= 0.6 is 0 Å². The Bertz CT molecular complexity index is 375. The quantitative estimate of drug-likeness (QED) is 0.856. The number of hydrogen-bond donors (Lipinski definition) is 1. The van der Waals surface area contributed by atoms with Crippen LogP contribution in [0.1, 0.15) is 36.6 Å². The Morgan fingerprint density at radius 2 is 1.82 bits per heavy atom. The molecule has 2 N–H and O–H groups in total. The van der Waals surface area contributed by atoms with Gasteiger partial charge in [-0.15, -0.1) is 0 Å². The molecule has 0 spiro atoms. The first-order valence-corrected chi connectivity index (χ1v) is 5.98. The van der Waals surface area contributed by atoms with Crippen molar-refractivity contribution in [3.05, 3.63) is 28.8 Å². The van der Waals surface area contributed by atoms with Crippen molar-refractivity contribution in [1.29, 1.82) is 0 Å². The number of hydrogen-bond acceptors (Lipinski definition) is 3. The summed E-state index contributed by atoms with van der Waals surface area (Å²) in [5, 5.41) is 0. The second-order valence-electron chi connectivity index (χ2n) is 4.67. The maximum absolute atomic E-state index is 6.14. The van der Waals surface area contributed by atoms with Crippen LogP contribution in [0.2, 0.25) is 0 Å². The highest BCUT2D eigenvalue weighted by Gasteiger charge is 2.12. The molecule has 1 atom stereocenters. The van der Waals surface area contributed by atoms with E-state index in [0.29, 0.717) is 6.61 Å². The lowest BCUT2D eigenvalue weighted by Gasteiger charge is -2.18. The van der Waals surface area contributed by atoms with Crippen LogP contribution in [-0.2, 0) is 4.74 Å². The normalized spacial score (nSPS) is 12.9. The van der Waals surface area contributed by atoms with E-state index in [1.165, 1.54) is 0 Å². The lowest BCUT2D eigenvalue weighted by atomic mass is 9.99. The Morgan fingerprint density at radius 3 is 2.35 bits per heavy atom.